The highest BCUT2D eigenvalue weighted by Crippen LogP contribution is 2.21. The predicted octanol–water partition coefficient (Wildman–Crippen LogP) is 1.99. The van der Waals surface area contributed by atoms with E-state index in [2.05, 4.69) is 11.1 Å². The Morgan fingerprint density at radius 3 is 3.00 bits per heavy atom. The number of H-pyrrole nitrogens is 1. The second-order valence-corrected chi connectivity index (χ2v) is 3.82. The number of Topliss-reactive ketones (excluding diaryl/α,β-unsaturated/α-hetero) is 1. The van der Waals surface area contributed by atoms with Crippen LogP contribution in [0.15, 0.2) is 24.4 Å². The van der Waals surface area contributed by atoms with Crippen LogP contribution in [0.25, 0.3) is 10.9 Å². The molecule has 2 N–H and O–H groups in total. The van der Waals surface area contributed by atoms with Gasteiger partial charge in [-0.1, -0.05) is 0 Å². The Kier molecular flexibility index (Phi) is 3.22. The minimum atomic E-state index is -0.0135. The first-order valence-corrected chi connectivity index (χ1v) is 5.41. The zero-order valence-electron chi connectivity index (χ0n) is 9.23. The van der Waals surface area contributed by atoms with Crippen LogP contribution >= 0.6 is 0 Å². The van der Waals surface area contributed by atoms with Crippen molar-refractivity contribution in [1.29, 1.82) is 5.26 Å². The van der Waals surface area contributed by atoms with Gasteiger partial charge in [0.15, 0.2) is 5.78 Å². The number of hydrogen-bond acceptors (Lipinski definition) is 3. The molecule has 0 spiro atoms. The average molecular weight is 228 g/mol. The number of nitriles is 1. The molecule has 1 aromatic carbocycles. The summed E-state index contributed by atoms with van der Waals surface area (Å²) in [6, 6.07) is 7.26. The van der Waals surface area contributed by atoms with Crippen molar-refractivity contribution in [2.75, 3.05) is 6.61 Å². The molecule has 1 heterocycles. The van der Waals surface area contributed by atoms with Gasteiger partial charge in [0.25, 0.3) is 0 Å². The van der Waals surface area contributed by atoms with Crippen molar-refractivity contribution < 1.29 is 9.90 Å². The maximum atomic E-state index is 11.9. The van der Waals surface area contributed by atoms with Crippen LogP contribution in [0.4, 0.5) is 0 Å². The van der Waals surface area contributed by atoms with Crippen LogP contribution in [0.1, 0.15) is 28.8 Å². The largest absolute Gasteiger partial charge is 0.396 e. The fourth-order valence-corrected chi connectivity index (χ4v) is 1.80. The molecule has 0 fully saturated rings. The molecule has 0 saturated heterocycles. The van der Waals surface area contributed by atoms with Gasteiger partial charge in [0.2, 0.25) is 0 Å². The summed E-state index contributed by atoms with van der Waals surface area (Å²) >= 11 is 0. The number of aromatic nitrogens is 1. The van der Waals surface area contributed by atoms with E-state index in [4.69, 9.17) is 10.4 Å². The number of aliphatic hydroxyl groups is 1. The van der Waals surface area contributed by atoms with Gasteiger partial charge >= 0.3 is 0 Å². The Labute approximate surface area is 98.5 Å². The van der Waals surface area contributed by atoms with Gasteiger partial charge in [-0.25, -0.2) is 0 Å². The number of carbonyl (C=O) groups excluding carboxylic acids is 1. The summed E-state index contributed by atoms with van der Waals surface area (Å²) in [5.74, 6) is -0.0135. The summed E-state index contributed by atoms with van der Waals surface area (Å²) in [5, 5.41) is 18.3. The molecule has 0 aliphatic carbocycles. The number of hydrogen-bond donors (Lipinski definition) is 2. The third-order valence-electron chi connectivity index (χ3n) is 2.67. The molecule has 0 aliphatic heterocycles. The van der Waals surface area contributed by atoms with Gasteiger partial charge < -0.3 is 10.1 Å². The average Bonchev–Trinajstić information content (AvgIpc) is 2.78. The maximum absolute atomic E-state index is 11.9. The minimum absolute atomic E-state index is 0.0114. The first-order valence-electron chi connectivity index (χ1n) is 5.41. The summed E-state index contributed by atoms with van der Waals surface area (Å²) in [6.45, 7) is 0.0114. The van der Waals surface area contributed by atoms with Crippen molar-refractivity contribution in [3.05, 3.63) is 35.5 Å². The molecule has 0 atom stereocenters. The molecule has 2 aromatic rings. The lowest BCUT2D eigenvalue weighted by molar-refractivity contribution is 0.0973. The van der Waals surface area contributed by atoms with Gasteiger partial charge in [-0.2, -0.15) is 5.26 Å². The number of aliphatic hydroxyl groups excluding tert-OH is 1. The summed E-state index contributed by atoms with van der Waals surface area (Å²) in [4.78, 5) is 14.9. The van der Waals surface area contributed by atoms with Crippen LogP contribution in [0.2, 0.25) is 0 Å². The van der Waals surface area contributed by atoms with Crippen molar-refractivity contribution in [3.63, 3.8) is 0 Å². The Morgan fingerprint density at radius 2 is 2.29 bits per heavy atom. The smallest absolute Gasteiger partial charge is 0.165 e. The fourth-order valence-electron chi connectivity index (χ4n) is 1.80. The maximum Gasteiger partial charge on any atom is 0.165 e. The second kappa shape index (κ2) is 4.81. The van der Waals surface area contributed by atoms with Crippen molar-refractivity contribution in [2.24, 2.45) is 0 Å². The zero-order chi connectivity index (χ0) is 12.3. The van der Waals surface area contributed by atoms with Crippen LogP contribution < -0.4 is 0 Å². The summed E-state index contributed by atoms with van der Waals surface area (Å²) < 4.78 is 0. The van der Waals surface area contributed by atoms with E-state index in [1.807, 2.05) is 0 Å². The first-order chi connectivity index (χ1) is 8.26. The second-order valence-electron chi connectivity index (χ2n) is 3.82. The highest BCUT2D eigenvalue weighted by atomic mass is 16.3. The van der Waals surface area contributed by atoms with Crippen molar-refractivity contribution in [1.82, 2.24) is 4.98 Å². The number of ketones is 1. The molecular weight excluding hydrogens is 216 g/mol. The third kappa shape index (κ3) is 2.19. The van der Waals surface area contributed by atoms with Crippen molar-refractivity contribution >= 4 is 16.7 Å². The summed E-state index contributed by atoms with van der Waals surface area (Å²) in [5.41, 5.74) is 1.97. The van der Waals surface area contributed by atoms with E-state index in [-0.39, 0.29) is 12.4 Å². The van der Waals surface area contributed by atoms with Gasteiger partial charge in [-0.15, -0.1) is 0 Å². The Morgan fingerprint density at radius 1 is 1.47 bits per heavy atom. The first kappa shape index (κ1) is 11.4. The fraction of sp³-hybridized carbons (Fsp3) is 0.231. The van der Waals surface area contributed by atoms with E-state index in [0.717, 1.165) is 10.9 Å². The summed E-state index contributed by atoms with van der Waals surface area (Å²) in [7, 11) is 0. The predicted molar refractivity (Wildman–Crippen MR) is 63.7 cm³/mol. The van der Waals surface area contributed by atoms with Crippen LogP contribution in [0.3, 0.4) is 0 Å². The molecule has 0 bridgehead atoms. The number of benzene rings is 1. The number of fused-ring (bicyclic) bond motifs is 1. The van der Waals surface area contributed by atoms with E-state index >= 15 is 0 Å². The molecule has 0 radical (unpaired) electrons. The normalized spacial score (nSPS) is 10.4. The van der Waals surface area contributed by atoms with E-state index in [1.165, 1.54) is 0 Å². The minimum Gasteiger partial charge on any atom is -0.396 e. The SMILES string of the molecule is N#Cc1ccc2[nH]cc(C(=O)CCCO)c2c1. The summed E-state index contributed by atoms with van der Waals surface area (Å²) in [6.07, 6.45) is 2.44. The lowest BCUT2D eigenvalue weighted by Gasteiger charge is -1.98. The Bertz CT molecular complexity index is 593. The number of aromatic amines is 1. The molecule has 2 rings (SSSR count). The molecule has 4 heteroatoms. The topological polar surface area (TPSA) is 76.9 Å². The van der Waals surface area contributed by atoms with Crippen LogP contribution in [0.5, 0.6) is 0 Å². The van der Waals surface area contributed by atoms with E-state index in [1.54, 1.807) is 24.4 Å². The van der Waals surface area contributed by atoms with Crippen molar-refractivity contribution in [2.45, 2.75) is 12.8 Å². The van der Waals surface area contributed by atoms with Gasteiger partial charge in [0.05, 0.1) is 11.6 Å². The van der Waals surface area contributed by atoms with Gasteiger partial charge in [-0.3, -0.25) is 4.79 Å². The number of nitrogens with one attached hydrogen (secondary N) is 1. The lowest BCUT2D eigenvalue weighted by Crippen LogP contribution is -1.99. The lowest BCUT2D eigenvalue weighted by atomic mass is 10.0. The quantitative estimate of drug-likeness (QED) is 0.785. The van der Waals surface area contributed by atoms with Gasteiger partial charge in [-0.05, 0) is 24.6 Å². The number of rotatable bonds is 4. The molecule has 17 heavy (non-hydrogen) atoms. The Balaban J connectivity index is 2.41. The molecule has 0 aliphatic rings. The molecule has 0 unspecified atom stereocenters. The molecule has 86 valence electrons. The van der Waals surface area contributed by atoms with Crippen molar-refractivity contribution in [3.8, 4) is 6.07 Å². The third-order valence-corrected chi connectivity index (χ3v) is 2.67. The number of nitrogens with zero attached hydrogens (tertiary/aromatic N) is 1. The standard InChI is InChI=1S/C13H12N2O2/c14-7-9-3-4-12-10(6-9)11(8-15-12)13(17)2-1-5-16/h3-4,6,8,15-16H,1-2,5H2. The molecule has 0 amide bonds. The Hall–Kier alpha value is -2.12. The van der Waals surface area contributed by atoms with E-state index < -0.39 is 0 Å². The molecular formula is C13H12N2O2. The molecule has 4 nitrogen and oxygen atoms in total. The molecule has 1 aromatic heterocycles. The highest BCUT2D eigenvalue weighted by Gasteiger charge is 2.11. The number of carbonyl (C=O) groups is 1. The van der Waals surface area contributed by atoms with Gasteiger partial charge in [0.1, 0.15) is 0 Å². The molecule has 0 saturated carbocycles. The zero-order valence-corrected chi connectivity index (χ0v) is 9.23. The van der Waals surface area contributed by atoms with Crippen LogP contribution in [0, 0.1) is 11.3 Å². The van der Waals surface area contributed by atoms with Crippen LogP contribution in [-0.2, 0) is 0 Å². The highest BCUT2D eigenvalue weighted by molar-refractivity contribution is 6.08. The van der Waals surface area contributed by atoms with Gasteiger partial charge in [0, 0.05) is 35.7 Å². The van der Waals surface area contributed by atoms with E-state index in [9.17, 15) is 4.79 Å². The van der Waals surface area contributed by atoms with Crippen LogP contribution in [-0.4, -0.2) is 22.5 Å². The van der Waals surface area contributed by atoms with E-state index in [0.29, 0.717) is 24.0 Å². The monoisotopic (exact) mass is 228 g/mol.